The summed E-state index contributed by atoms with van der Waals surface area (Å²) in [6.07, 6.45) is 1.02. The topological polar surface area (TPSA) is 32.3 Å². The minimum Gasteiger partial charge on any atom is -0.348 e. The number of nitrogens with one attached hydrogen (secondary N) is 1. The number of thiophene rings is 2. The van der Waals surface area contributed by atoms with Crippen LogP contribution in [0.3, 0.4) is 0 Å². The number of hydrogen-bond donors (Lipinski definition) is 1. The van der Waals surface area contributed by atoms with Crippen molar-refractivity contribution in [3.63, 3.8) is 0 Å². The van der Waals surface area contributed by atoms with Gasteiger partial charge in [-0.05, 0) is 47.4 Å². The number of carbonyl (C=O) groups excluding carboxylic acids is 1. The van der Waals surface area contributed by atoms with E-state index < -0.39 is 0 Å². The zero-order valence-corrected chi connectivity index (χ0v) is 16.4. The molecule has 0 saturated heterocycles. The maximum atomic E-state index is 12.7. The molecule has 2 atom stereocenters. The lowest BCUT2D eigenvalue weighted by atomic mass is 9.98. The Morgan fingerprint density at radius 1 is 1.15 bits per heavy atom. The predicted octanol–water partition coefficient (Wildman–Crippen LogP) is 4.63. The van der Waals surface area contributed by atoms with Crippen molar-refractivity contribution in [3.05, 3.63) is 80.2 Å². The van der Waals surface area contributed by atoms with Crippen molar-refractivity contribution >= 4 is 28.6 Å². The lowest BCUT2D eigenvalue weighted by Crippen LogP contribution is -2.43. The standard InChI is InChI=1S/C21H22N2OS2/c1-15(16-6-3-2-4-7-16)22-20(24)14-23-11-9-18-17(10-13-26-18)21(23)19-8-5-12-25-19/h2-8,10,12-13,15,21H,9,11,14H2,1H3,(H,22,24)/t15-,21+/m0/s1. The quantitative estimate of drug-likeness (QED) is 0.697. The second kappa shape index (κ2) is 7.74. The van der Waals surface area contributed by atoms with E-state index in [4.69, 9.17) is 0 Å². The van der Waals surface area contributed by atoms with Crippen LogP contribution in [-0.2, 0) is 11.2 Å². The van der Waals surface area contributed by atoms with E-state index in [1.54, 1.807) is 11.3 Å². The Bertz CT molecular complexity index is 857. The molecule has 0 aliphatic carbocycles. The number of amides is 1. The van der Waals surface area contributed by atoms with Crippen LogP contribution in [0.15, 0.2) is 59.3 Å². The van der Waals surface area contributed by atoms with Crippen molar-refractivity contribution < 1.29 is 4.79 Å². The summed E-state index contributed by atoms with van der Waals surface area (Å²) in [6.45, 7) is 3.38. The van der Waals surface area contributed by atoms with Crippen LogP contribution in [0.4, 0.5) is 0 Å². The number of nitrogens with zero attached hydrogens (tertiary/aromatic N) is 1. The van der Waals surface area contributed by atoms with Crippen molar-refractivity contribution in [3.8, 4) is 0 Å². The molecule has 3 heterocycles. The summed E-state index contributed by atoms with van der Waals surface area (Å²) in [5, 5.41) is 7.44. The summed E-state index contributed by atoms with van der Waals surface area (Å²) in [5.74, 6) is 0.0848. The molecule has 1 aromatic carbocycles. The average Bonchev–Trinajstić information content (AvgIpc) is 3.34. The second-order valence-corrected chi connectivity index (χ2v) is 8.62. The fourth-order valence-corrected chi connectivity index (χ4v) is 5.40. The second-order valence-electron chi connectivity index (χ2n) is 6.64. The Labute approximate surface area is 162 Å². The van der Waals surface area contributed by atoms with E-state index in [0.29, 0.717) is 6.54 Å². The van der Waals surface area contributed by atoms with Crippen molar-refractivity contribution in [1.29, 1.82) is 0 Å². The fourth-order valence-electron chi connectivity index (χ4n) is 3.62. The minimum absolute atomic E-state index is 0.0189. The van der Waals surface area contributed by atoms with Gasteiger partial charge in [0.2, 0.25) is 5.91 Å². The van der Waals surface area contributed by atoms with E-state index in [9.17, 15) is 4.79 Å². The molecule has 1 amide bonds. The van der Waals surface area contributed by atoms with Gasteiger partial charge in [0.25, 0.3) is 0 Å². The lowest BCUT2D eigenvalue weighted by molar-refractivity contribution is -0.123. The molecule has 2 aromatic heterocycles. The summed E-state index contributed by atoms with van der Waals surface area (Å²) >= 11 is 3.60. The monoisotopic (exact) mass is 382 g/mol. The molecule has 3 aromatic rings. The summed E-state index contributed by atoms with van der Waals surface area (Å²) in [7, 11) is 0. The van der Waals surface area contributed by atoms with Gasteiger partial charge in [-0.15, -0.1) is 22.7 Å². The number of carbonyl (C=O) groups is 1. The molecular formula is C21H22N2OS2. The maximum Gasteiger partial charge on any atom is 0.234 e. The molecular weight excluding hydrogens is 360 g/mol. The largest absolute Gasteiger partial charge is 0.348 e. The first-order chi connectivity index (χ1) is 12.7. The first kappa shape index (κ1) is 17.5. The van der Waals surface area contributed by atoms with E-state index in [1.165, 1.54) is 15.3 Å². The molecule has 134 valence electrons. The fraction of sp³-hybridized carbons (Fsp3) is 0.286. The van der Waals surface area contributed by atoms with Gasteiger partial charge < -0.3 is 5.32 Å². The molecule has 0 spiro atoms. The SMILES string of the molecule is C[C@H](NC(=O)CN1CCc2sccc2[C@@H]1c1cccs1)c1ccccc1. The van der Waals surface area contributed by atoms with Crippen LogP contribution in [0.25, 0.3) is 0 Å². The summed E-state index contributed by atoms with van der Waals surface area (Å²) in [6, 6.07) is 16.8. The first-order valence-corrected chi connectivity index (χ1v) is 10.7. The highest BCUT2D eigenvalue weighted by molar-refractivity contribution is 7.10. The first-order valence-electron chi connectivity index (χ1n) is 8.90. The van der Waals surface area contributed by atoms with Crippen molar-refractivity contribution in [1.82, 2.24) is 10.2 Å². The number of benzene rings is 1. The van der Waals surface area contributed by atoms with Gasteiger partial charge in [-0.2, -0.15) is 0 Å². The van der Waals surface area contributed by atoms with Gasteiger partial charge in [0, 0.05) is 16.3 Å². The third-order valence-corrected chi connectivity index (χ3v) is 6.82. The van der Waals surface area contributed by atoms with Crippen LogP contribution >= 0.6 is 22.7 Å². The average molecular weight is 383 g/mol. The molecule has 0 fully saturated rings. The zero-order chi connectivity index (χ0) is 17.9. The zero-order valence-electron chi connectivity index (χ0n) is 14.7. The molecule has 0 radical (unpaired) electrons. The Balaban J connectivity index is 1.49. The van der Waals surface area contributed by atoms with Gasteiger partial charge in [-0.25, -0.2) is 0 Å². The van der Waals surface area contributed by atoms with Crippen molar-refractivity contribution in [2.75, 3.05) is 13.1 Å². The van der Waals surface area contributed by atoms with Crippen LogP contribution in [-0.4, -0.2) is 23.9 Å². The third-order valence-electron chi connectivity index (χ3n) is 4.90. The molecule has 3 nitrogen and oxygen atoms in total. The van der Waals surface area contributed by atoms with Gasteiger partial charge in [0.1, 0.15) is 0 Å². The van der Waals surface area contributed by atoms with E-state index in [-0.39, 0.29) is 18.0 Å². The Morgan fingerprint density at radius 3 is 2.77 bits per heavy atom. The van der Waals surface area contributed by atoms with E-state index >= 15 is 0 Å². The summed E-state index contributed by atoms with van der Waals surface area (Å²) in [5.41, 5.74) is 2.50. The Hall–Kier alpha value is -1.95. The lowest BCUT2D eigenvalue weighted by Gasteiger charge is -2.35. The number of hydrogen-bond acceptors (Lipinski definition) is 4. The highest BCUT2D eigenvalue weighted by Crippen LogP contribution is 2.39. The molecule has 0 bridgehead atoms. The van der Waals surface area contributed by atoms with Gasteiger partial charge in [0.15, 0.2) is 0 Å². The molecule has 26 heavy (non-hydrogen) atoms. The molecule has 1 N–H and O–H groups in total. The summed E-state index contributed by atoms with van der Waals surface area (Å²) in [4.78, 5) is 17.8. The molecule has 4 rings (SSSR count). The van der Waals surface area contributed by atoms with Gasteiger partial charge >= 0.3 is 0 Å². The van der Waals surface area contributed by atoms with Crippen LogP contribution in [0.5, 0.6) is 0 Å². The normalized spacial score (nSPS) is 18.3. The van der Waals surface area contributed by atoms with Crippen molar-refractivity contribution in [2.45, 2.75) is 25.4 Å². The smallest absolute Gasteiger partial charge is 0.234 e. The van der Waals surface area contributed by atoms with Crippen LogP contribution < -0.4 is 5.32 Å². The van der Waals surface area contributed by atoms with Gasteiger partial charge in [-0.1, -0.05) is 36.4 Å². The van der Waals surface area contributed by atoms with Gasteiger partial charge in [0.05, 0.1) is 18.6 Å². The molecule has 1 aliphatic heterocycles. The predicted molar refractivity (Wildman–Crippen MR) is 109 cm³/mol. The van der Waals surface area contributed by atoms with Crippen LogP contribution in [0.1, 0.15) is 39.9 Å². The maximum absolute atomic E-state index is 12.7. The van der Waals surface area contributed by atoms with Crippen molar-refractivity contribution in [2.24, 2.45) is 0 Å². The van der Waals surface area contributed by atoms with Crippen LogP contribution in [0.2, 0.25) is 0 Å². The number of rotatable bonds is 5. The van der Waals surface area contributed by atoms with Gasteiger partial charge in [-0.3, -0.25) is 9.69 Å². The Morgan fingerprint density at radius 2 is 2.00 bits per heavy atom. The number of fused-ring (bicyclic) bond motifs is 1. The Kier molecular flexibility index (Phi) is 5.20. The molecule has 0 saturated carbocycles. The highest BCUT2D eigenvalue weighted by Gasteiger charge is 2.31. The third kappa shape index (κ3) is 3.61. The molecule has 1 aliphatic rings. The molecule has 5 heteroatoms. The van der Waals surface area contributed by atoms with E-state index in [2.05, 4.69) is 51.3 Å². The van der Waals surface area contributed by atoms with Crippen LogP contribution in [0, 0.1) is 0 Å². The summed E-state index contributed by atoms with van der Waals surface area (Å²) < 4.78 is 0. The van der Waals surface area contributed by atoms with E-state index in [0.717, 1.165) is 18.5 Å². The van der Waals surface area contributed by atoms with E-state index in [1.807, 2.05) is 36.5 Å². The minimum atomic E-state index is 0.0189. The molecule has 0 unspecified atom stereocenters. The highest BCUT2D eigenvalue weighted by atomic mass is 32.1.